The third kappa shape index (κ3) is 2.76. The number of fused-ring (bicyclic) bond motifs is 5. The number of aliphatic hydroxyl groups excluding tert-OH is 1. The van der Waals surface area contributed by atoms with E-state index in [4.69, 9.17) is 0 Å². The van der Waals surface area contributed by atoms with Crippen LogP contribution in [-0.4, -0.2) is 5.11 Å². The number of hydrogen-bond donors (Lipinski definition) is 1. The molecule has 0 saturated heterocycles. The highest BCUT2D eigenvalue weighted by Gasteiger charge is 2.26. The zero-order valence-electron chi connectivity index (χ0n) is 14.8. The van der Waals surface area contributed by atoms with Gasteiger partial charge < -0.3 is 10.0 Å². The molecule has 132 valence electrons. The molecule has 5 rings (SSSR count). The number of para-hydroxylation sites is 2. The van der Waals surface area contributed by atoms with Crippen LogP contribution in [0, 0.1) is 0 Å². The average molecular weight is 369 g/mol. The molecule has 0 atom stereocenters. The minimum absolute atomic E-state index is 0.0791. The van der Waals surface area contributed by atoms with Crippen LogP contribution in [0.15, 0.2) is 84.9 Å². The van der Waals surface area contributed by atoms with Gasteiger partial charge in [-0.05, 0) is 23.8 Å². The summed E-state index contributed by atoms with van der Waals surface area (Å²) in [6.07, 6.45) is 0. The van der Waals surface area contributed by atoms with Crippen molar-refractivity contribution in [2.45, 2.75) is 13.2 Å². The molecule has 1 aromatic heterocycles. The topological polar surface area (TPSA) is 23.5 Å². The minimum Gasteiger partial charge on any atom is -0.391 e. The molecular weight excluding hydrogens is 350 g/mol. The molecule has 2 heterocycles. The third-order valence-corrected chi connectivity index (χ3v) is 6.20. The van der Waals surface area contributed by atoms with Crippen molar-refractivity contribution >= 4 is 22.7 Å². The van der Waals surface area contributed by atoms with Gasteiger partial charge in [0.1, 0.15) is 0 Å². The van der Waals surface area contributed by atoms with Gasteiger partial charge in [-0.1, -0.05) is 66.7 Å². The van der Waals surface area contributed by atoms with E-state index in [1.807, 2.05) is 0 Å². The summed E-state index contributed by atoms with van der Waals surface area (Å²) < 4.78 is 0. The van der Waals surface area contributed by atoms with Crippen LogP contribution in [0.1, 0.15) is 10.4 Å². The SMILES string of the molecule is OCc1cc2c(s1)-c1ccccc1N(Cc1ccccc1)c1ccccc1-2. The Labute approximate surface area is 163 Å². The molecule has 2 nitrogen and oxygen atoms in total. The van der Waals surface area contributed by atoms with Crippen LogP contribution >= 0.6 is 11.3 Å². The molecule has 1 aliphatic rings. The number of hydrogen-bond acceptors (Lipinski definition) is 3. The van der Waals surface area contributed by atoms with Crippen LogP contribution in [0.4, 0.5) is 11.4 Å². The lowest BCUT2D eigenvalue weighted by atomic mass is 10.0. The fraction of sp³-hybridized carbons (Fsp3) is 0.0833. The van der Waals surface area contributed by atoms with Crippen LogP contribution in [0.2, 0.25) is 0 Å². The molecule has 0 spiro atoms. The second-order valence-corrected chi connectivity index (χ2v) is 7.86. The van der Waals surface area contributed by atoms with Crippen LogP contribution < -0.4 is 4.90 Å². The van der Waals surface area contributed by atoms with Crippen LogP contribution in [0.5, 0.6) is 0 Å². The minimum atomic E-state index is 0.0791. The molecule has 0 bridgehead atoms. The highest BCUT2D eigenvalue weighted by Crippen LogP contribution is 2.51. The predicted octanol–water partition coefficient (Wildman–Crippen LogP) is 6.23. The van der Waals surface area contributed by atoms with Crippen molar-refractivity contribution in [2.24, 2.45) is 0 Å². The first-order chi connectivity index (χ1) is 13.3. The second kappa shape index (κ2) is 6.69. The predicted molar refractivity (Wildman–Crippen MR) is 113 cm³/mol. The standard InChI is InChI=1S/C24H19NOS/c26-16-18-14-21-19-10-4-6-12-22(19)25(15-17-8-2-1-3-9-17)23-13-7-5-11-20(23)24(21)27-18/h1-14,26H,15-16H2. The molecule has 0 radical (unpaired) electrons. The van der Waals surface area contributed by atoms with E-state index >= 15 is 0 Å². The van der Waals surface area contributed by atoms with Gasteiger partial charge in [0.25, 0.3) is 0 Å². The third-order valence-electron chi connectivity index (χ3n) is 5.05. The van der Waals surface area contributed by atoms with Crippen molar-refractivity contribution < 1.29 is 5.11 Å². The number of aliphatic hydroxyl groups is 1. The summed E-state index contributed by atoms with van der Waals surface area (Å²) in [5.41, 5.74) is 7.35. The van der Waals surface area contributed by atoms with Gasteiger partial charge in [0, 0.05) is 38.7 Å². The Morgan fingerprint density at radius 2 is 1.33 bits per heavy atom. The van der Waals surface area contributed by atoms with Crippen molar-refractivity contribution in [2.75, 3.05) is 4.90 Å². The highest BCUT2D eigenvalue weighted by atomic mass is 32.1. The maximum atomic E-state index is 9.70. The Morgan fingerprint density at radius 3 is 2.07 bits per heavy atom. The lowest BCUT2D eigenvalue weighted by Gasteiger charge is -2.27. The van der Waals surface area contributed by atoms with Crippen molar-refractivity contribution in [3.63, 3.8) is 0 Å². The van der Waals surface area contributed by atoms with E-state index in [0.29, 0.717) is 0 Å². The fourth-order valence-corrected chi connectivity index (χ4v) is 4.89. The fourth-order valence-electron chi connectivity index (χ4n) is 3.82. The summed E-state index contributed by atoms with van der Waals surface area (Å²) in [5, 5.41) is 9.70. The van der Waals surface area contributed by atoms with Gasteiger partial charge in [-0.25, -0.2) is 0 Å². The monoisotopic (exact) mass is 369 g/mol. The Hall–Kier alpha value is -2.88. The average Bonchev–Trinajstić information content (AvgIpc) is 3.13. The van der Waals surface area contributed by atoms with Gasteiger partial charge in [0.2, 0.25) is 0 Å². The largest absolute Gasteiger partial charge is 0.391 e. The zero-order chi connectivity index (χ0) is 18.2. The van der Waals surface area contributed by atoms with Crippen molar-refractivity contribution in [3.8, 4) is 21.6 Å². The second-order valence-electron chi connectivity index (χ2n) is 6.72. The summed E-state index contributed by atoms with van der Waals surface area (Å²) in [6.45, 7) is 0.895. The van der Waals surface area contributed by atoms with Crippen molar-refractivity contribution in [1.82, 2.24) is 0 Å². The Kier molecular flexibility index (Phi) is 4.04. The highest BCUT2D eigenvalue weighted by molar-refractivity contribution is 7.16. The summed E-state index contributed by atoms with van der Waals surface area (Å²) in [6, 6.07) is 29.9. The Morgan fingerprint density at radius 1 is 0.704 bits per heavy atom. The van der Waals surface area contributed by atoms with Gasteiger partial charge in [0.05, 0.1) is 12.3 Å². The quantitative estimate of drug-likeness (QED) is 0.463. The summed E-state index contributed by atoms with van der Waals surface area (Å²) in [5.74, 6) is 0. The van der Waals surface area contributed by atoms with E-state index in [1.54, 1.807) is 11.3 Å². The van der Waals surface area contributed by atoms with Gasteiger partial charge >= 0.3 is 0 Å². The molecule has 1 N–H and O–H groups in total. The molecule has 0 unspecified atom stereocenters. The van der Waals surface area contributed by atoms with Crippen molar-refractivity contribution in [3.05, 3.63) is 95.4 Å². The van der Waals surface area contributed by atoms with Crippen LogP contribution in [0.3, 0.4) is 0 Å². The molecular formula is C24H19NOS. The first kappa shape index (κ1) is 16.3. The Bertz CT molecular complexity index is 1040. The molecule has 3 heteroatoms. The molecule has 27 heavy (non-hydrogen) atoms. The molecule has 3 aromatic carbocycles. The van der Waals surface area contributed by atoms with Crippen LogP contribution in [0.25, 0.3) is 21.6 Å². The van der Waals surface area contributed by atoms with Gasteiger partial charge in [-0.2, -0.15) is 0 Å². The van der Waals surface area contributed by atoms with E-state index in [2.05, 4.69) is 89.8 Å². The summed E-state index contributed by atoms with van der Waals surface area (Å²) in [4.78, 5) is 4.64. The summed E-state index contributed by atoms with van der Waals surface area (Å²) in [7, 11) is 0. The number of anilines is 2. The van der Waals surface area contributed by atoms with Gasteiger partial charge in [-0.15, -0.1) is 11.3 Å². The number of thiophene rings is 1. The molecule has 0 fully saturated rings. The summed E-state index contributed by atoms with van der Waals surface area (Å²) >= 11 is 1.69. The maximum Gasteiger partial charge on any atom is 0.0774 e. The maximum absolute atomic E-state index is 9.70. The van der Waals surface area contributed by atoms with E-state index < -0.39 is 0 Å². The number of benzene rings is 3. The lowest BCUT2D eigenvalue weighted by Crippen LogP contribution is -2.17. The molecule has 0 amide bonds. The van der Waals surface area contributed by atoms with Gasteiger partial charge in [0.15, 0.2) is 0 Å². The van der Waals surface area contributed by atoms with Gasteiger partial charge in [-0.3, -0.25) is 0 Å². The first-order valence-corrected chi connectivity index (χ1v) is 9.90. The van der Waals surface area contributed by atoms with Crippen LogP contribution in [-0.2, 0) is 13.2 Å². The first-order valence-electron chi connectivity index (χ1n) is 9.09. The smallest absolute Gasteiger partial charge is 0.0774 e. The number of rotatable bonds is 3. The van der Waals surface area contributed by atoms with E-state index in [9.17, 15) is 5.11 Å². The van der Waals surface area contributed by atoms with E-state index in [1.165, 1.54) is 38.5 Å². The molecule has 1 aliphatic heterocycles. The zero-order valence-corrected chi connectivity index (χ0v) is 15.6. The molecule has 0 aliphatic carbocycles. The number of nitrogens with zero attached hydrogens (tertiary/aromatic N) is 1. The Balaban J connectivity index is 1.77. The van der Waals surface area contributed by atoms with Crippen molar-refractivity contribution in [1.29, 1.82) is 0 Å². The lowest BCUT2D eigenvalue weighted by molar-refractivity contribution is 0.285. The normalized spacial score (nSPS) is 12.1. The van der Waals surface area contributed by atoms with E-state index in [0.717, 1.165) is 11.4 Å². The molecule has 0 saturated carbocycles. The van der Waals surface area contributed by atoms with E-state index in [-0.39, 0.29) is 6.61 Å². The molecule has 4 aromatic rings.